The Morgan fingerprint density at radius 1 is 1.15 bits per heavy atom. The average Bonchev–Trinajstić information content (AvgIpc) is 3.41. The molecule has 0 radical (unpaired) electrons. The van der Waals surface area contributed by atoms with Crippen molar-refractivity contribution in [2.24, 2.45) is 5.92 Å². The fourth-order valence-corrected chi connectivity index (χ4v) is 3.08. The summed E-state index contributed by atoms with van der Waals surface area (Å²) >= 11 is 6.08. The van der Waals surface area contributed by atoms with Crippen molar-refractivity contribution >= 4 is 23.7 Å². The van der Waals surface area contributed by atoms with Crippen molar-refractivity contribution in [1.82, 2.24) is 9.80 Å². The summed E-state index contributed by atoms with van der Waals surface area (Å²) in [7, 11) is 0. The maximum Gasteiger partial charge on any atom is 0.410 e. The number of hydrogen-bond acceptors (Lipinski definition) is 5. The van der Waals surface area contributed by atoms with E-state index < -0.39 is 5.60 Å². The molecule has 0 spiro atoms. The molecule has 1 heterocycles. The number of esters is 1. The molecule has 6 nitrogen and oxygen atoms in total. The van der Waals surface area contributed by atoms with E-state index in [9.17, 15) is 9.59 Å². The van der Waals surface area contributed by atoms with Crippen molar-refractivity contribution in [1.29, 1.82) is 0 Å². The molecule has 2 aliphatic rings. The maximum absolute atomic E-state index is 12.2. The van der Waals surface area contributed by atoms with Gasteiger partial charge in [0.25, 0.3) is 0 Å². The number of hydrogen-bond donors (Lipinski definition) is 0. The van der Waals surface area contributed by atoms with E-state index in [2.05, 4.69) is 4.90 Å². The molecule has 3 rings (SSSR count). The van der Waals surface area contributed by atoms with Gasteiger partial charge in [-0.25, -0.2) is 4.79 Å². The Labute approximate surface area is 165 Å². The minimum atomic E-state index is -0.488. The first kappa shape index (κ1) is 20.0. The Balaban J connectivity index is 1.57. The SMILES string of the molecule is CC(C)(C)OC(=O)N1CCN(Cc2ccc(Cl)cc2OC(=O)C2CC2)CC1. The van der Waals surface area contributed by atoms with Crippen LogP contribution < -0.4 is 4.74 Å². The van der Waals surface area contributed by atoms with Gasteiger partial charge >= 0.3 is 12.1 Å². The number of ether oxygens (including phenoxy) is 2. The van der Waals surface area contributed by atoms with Gasteiger partial charge in [0.1, 0.15) is 11.4 Å². The standard InChI is InChI=1S/C20H27ClN2O4/c1-20(2,3)27-19(25)23-10-8-22(9-11-23)13-15-6-7-16(21)12-17(15)26-18(24)14-4-5-14/h6-7,12,14H,4-5,8-11,13H2,1-3H3. The molecule has 1 saturated carbocycles. The Morgan fingerprint density at radius 2 is 1.81 bits per heavy atom. The van der Waals surface area contributed by atoms with E-state index in [1.165, 1.54) is 0 Å². The quantitative estimate of drug-likeness (QED) is 0.575. The number of carbonyl (C=O) groups is 2. The van der Waals surface area contributed by atoms with Crippen molar-refractivity contribution in [2.75, 3.05) is 26.2 Å². The summed E-state index contributed by atoms with van der Waals surface area (Å²) in [6.07, 6.45) is 1.54. The maximum atomic E-state index is 12.2. The Kier molecular flexibility index (Phi) is 5.96. The van der Waals surface area contributed by atoms with Crippen molar-refractivity contribution in [3.8, 4) is 5.75 Å². The van der Waals surface area contributed by atoms with E-state index in [0.717, 1.165) is 31.5 Å². The minimum Gasteiger partial charge on any atom is -0.444 e. The third-order valence-electron chi connectivity index (χ3n) is 4.57. The largest absolute Gasteiger partial charge is 0.444 e. The van der Waals surface area contributed by atoms with Gasteiger partial charge in [-0.05, 0) is 45.7 Å². The molecule has 1 aliphatic heterocycles. The first-order valence-corrected chi connectivity index (χ1v) is 9.79. The van der Waals surface area contributed by atoms with Gasteiger partial charge < -0.3 is 14.4 Å². The molecular formula is C20H27ClN2O4. The van der Waals surface area contributed by atoms with Gasteiger partial charge in [-0.15, -0.1) is 0 Å². The van der Waals surface area contributed by atoms with Gasteiger partial charge in [0, 0.05) is 43.3 Å². The molecule has 0 atom stereocenters. The van der Waals surface area contributed by atoms with Gasteiger partial charge in [0.2, 0.25) is 0 Å². The smallest absolute Gasteiger partial charge is 0.410 e. The molecule has 27 heavy (non-hydrogen) atoms. The highest BCUT2D eigenvalue weighted by molar-refractivity contribution is 6.30. The van der Waals surface area contributed by atoms with E-state index in [1.54, 1.807) is 11.0 Å². The predicted octanol–water partition coefficient (Wildman–Crippen LogP) is 3.71. The van der Waals surface area contributed by atoms with E-state index in [1.807, 2.05) is 32.9 Å². The number of piperazine rings is 1. The molecule has 0 aromatic heterocycles. The van der Waals surface area contributed by atoms with Crippen LogP contribution in [0.3, 0.4) is 0 Å². The molecule has 0 unspecified atom stereocenters. The van der Waals surface area contributed by atoms with Crippen molar-refractivity contribution < 1.29 is 19.1 Å². The van der Waals surface area contributed by atoms with E-state index in [-0.39, 0.29) is 18.0 Å². The molecular weight excluding hydrogens is 368 g/mol. The molecule has 2 fully saturated rings. The van der Waals surface area contributed by atoms with Gasteiger partial charge in [-0.3, -0.25) is 9.69 Å². The molecule has 1 aromatic carbocycles. The third kappa shape index (κ3) is 5.84. The molecule has 148 valence electrons. The second-order valence-electron chi connectivity index (χ2n) is 8.19. The zero-order valence-electron chi connectivity index (χ0n) is 16.2. The zero-order valence-corrected chi connectivity index (χ0v) is 16.9. The zero-order chi connectivity index (χ0) is 19.6. The summed E-state index contributed by atoms with van der Waals surface area (Å²) in [6.45, 7) is 8.94. The number of nitrogens with zero attached hydrogens (tertiary/aromatic N) is 2. The van der Waals surface area contributed by atoms with Crippen molar-refractivity contribution in [3.63, 3.8) is 0 Å². The van der Waals surface area contributed by atoms with Crippen molar-refractivity contribution in [2.45, 2.75) is 45.8 Å². The Bertz CT molecular complexity index is 704. The highest BCUT2D eigenvalue weighted by Crippen LogP contribution is 2.33. The highest BCUT2D eigenvalue weighted by Gasteiger charge is 2.32. The second-order valence-corrected chi connectivity index (χ2v) is 8.63. The van der Waals surface area contributed by atoms with Crippen LogP contribution in [0.2, 0.25) is 5.02 Å². The van der Waals surface area contributed by atoms with E-state index >= 15 is 0 Å². The average molecular weight is 395 g/mol. The van der Waals surface area contributed by atoms with Crippen LogP contribution in [0.15, 0.2) is 18.2 Å². The molecule has 0 bridgehead atoms. The molecule has 1 aliphatic carbocycles. The topological polar surface area (TPSA) is 59.1 Å². The number of benzene rings is 1. The normalized spacial score (nSPS) is 18.3. The van der Waals surface area contributed by atoms with Crippen LogP contribution in [0.4, 0.5) is 4.79 Å². The van der Waals surface area contributed by atoms with E-state index in [0.29, 0.717) is 30.4 Å². The lowest BCUT2D eigenvalue weighted by atomic mass is 10.1. The number of carbonyl (C=O) groups excluding carboxylic acids is 2. The summed E-state index contributed by atoms with van der Waals surface area (Å²) in [6, 6.07) is 5.41. The lowest BCUT2D eigenvalue weighted by Gasteiger charge is -2.35. The monoisotopic (exact) mass is 394 g/mol. The van der Waals surface area contributed by atoms with Crippen LogP contribution in [0.1, 0.15) is 39.2 Å². The minimum absolute atomic E-state index is 0.0363. The van der Waals surface area contributed by atoms with Crippen molar-refractivity contribution in [3.05, 3.63) is 28.8 Å². The predicted molar refractivity (Wildman–Crippen MR) is 103 cm³/mol. The highest BCUT2D eigenvalue weighted by atomic mass is 35.5. The molecule has 0 N–H and O–H groups in total. The molecule has 7 heteroatoms. The molecule has 1 amide bonds. The summed E-state index contributed by atoms with van der Waals surface area (Å²) in [4.78, 5) is 28.2. The number of rotatable bonds is 4. The van der Waals surface area contributed by atoms with Gasteiger partial charge in [-0.1, -0.05) is 17.7 Å². The number of halogens is 1. The van der Waals surface area contributed by atoms with Gasteiger partial charge in [0.05, 0.1) is 5.92 Å². The second kappa shape index (κ2) is 8.07. The van der Waals surface area contributed by atoms with Crippen LogP contribution in [0, 0.1) is 5.92 Å². The van der Waals surface area contributed by atoms with Crippen LogP contribution in [0.5, 0.6) is 5.75 Å². The van der Waals surface area contributed by atoms with Gasteiger partial charge in [0.15, 0.2) is 0 Å². The lowest BCUT2D eigenvalue weighted by molar-refractivity contribution is -0.135. The number of amides is 1. The lowest BCUT2D eigenvalue weighted by Crippen LogP contribution is -2.49. The first-order chi connectivity index (χ1) is 12.7. The molecule has 1 saturated heterocycles. The summed E-state index contributed by atoms with van der Waals surface area (Å²) in [5.74, 6) is 0.399. The third-order valence-corrected chi connectivity index (χ3v) is 4.80. The summed E-state index contributed by atoms with van der Waals surface area (Å²) < 4.78 is 11.0. The van der Waals surface area contributed by atoms with Crippen LogP contribution in [-0.4, -0.2) is 53.6 Å². The van der Waals surface area contributed by atoms with Gasteiger partial charge in [-0.2, -0.15) is 0 Å². The Morgan fingerprint density at radius 3 is 2.41 bits per heavy atom. The van der Waals surface area contributed by atoms with Crippen LogP contribution in [-0.2, 0) is 16.1 Å². The summed E-state index contributed by atoms with van der Waals surface area (Å²) in [5, 5.41) is 0.548. The summed E-state index contributed by atoms with van der Waals surface area (Å²) in [5.41, 5.74) is 0.442. The van der Waals surface area contributed by atoms with E-state index in [4.69, 9.17) is 21.1 Å². The first-order valence-electron chi connectivity index (χ1n) is 9.42. The fourth-order valence-electron chi connectivity index (χ4n) is 2.92. The van der Waals surface area contributed by atoms with Crippen LogP contribution in [0.25, 0.3) is 0 Å². The van der Waals surface area contributed by atoms with Crippen LogP contribution >= 0.6 is 11.6 Å². The Hall–Kier alpha value is -1.79. The fraction of sp³-hybridized carbons (Fsp3) is 0.600. The molecule has 1 aromatic rings.